The number of esters is 1. The summed E-state index contributed by atoms with van der Waals surface area (Å²) in [4.78, 5) is 38.3. The molecule has 2 aromatic heterocycles. The highest BCUT2D eigenvalue weighted by Gasteiger charge is 2.35. The molecular formula is C23H26N4O4. The fourth-order valence-corrected chi connectivity index (χ4v) is 4.25. The Hall–Kier alpha value is -3.55. The summed E-state index contributed by atoms with van der Waals surface area (Å²) < 4.78 is 10.2. The van der Waals surface area contributed by atoms with Gasteiger partial charge in [-0.1, -0.05) is 12.1 Å². The molecule has 4 rings (SSSR count). The molecule has 31 heavy (non-hydrogen) atoms. The number of imidazole rings is 1. The van der Waals surface area contributed by atoms with Gasteiger partial charge in [0.2, 0.25) is 0 Å². The number of nitrogens with one attached hydrogen (secondary N) is 2. The lowest BCUT2D eigenvalue weighted by atomic mass is 10.1. The van der Waals surface area contributed by atoms with Crippen LogP contribution in [-0.2, 0) is 4.74 Å². The van der Waals surface area contributed by atoms with E-state index in [-0.39, 0.29) is 11.9 Å². The Morgan fingerprint density at radius 3 is 2.74 bits per heavy atom. The van der Waals surface area contributed by atoms with Gasteiger partial charge in [0, 0.05) is 17.8 Å². The maximum Gasteiger partial charge on any atom is 0.339 e. The van der Waals surface area contributed by atoms with E-state index in [2.05, 4.69) is 15.0 Å². The third kappa shape index (κ3) is 3.69. The summed E-state index contributed by atoms with van der Waals surface area (Å²) in [7, 11) is 2.97. The molecule has 2 N–H and O–H groups in total. The number of nitrogens with zero attached hydrogens (tertiary/aromatic N) is 2. The molecule has 8 nitrogen and oxygen atoms in total. The number of rotatable bonds is 5. The molecule has 0 bridgehead atoms. The first-order chi connectivity index (χ1) is 14.9. The van der Waals surface area contributed by atoms with E-state index >= 15 is 0 Å². The minimum atomic E-state index is -0.447. The first kappa shape index (κ1) is 20.7. The van der Waals surface area contributed by atoms with Crippen molar-refractivity contribution < 1.29 is 19.1 Å². The minimum Gasteiger partial charge on any atom is -0.497 e. The van der Waals surface area contributed by atoms with E-state index in [1.165, 1.54) is 7.11 Å². The highest BCUT2D eigenvalue weighted by molar-refractivity contribution is 6.00. The van der Waals surface area contributed by atoms with E-state index in [1.807, 2.05) is 29.2 Å². The van der Waals surface area contributed by atoms with Gasteiger partial charge in [0.25, 0.3) is 5.91 Å². The second-order valence-corrected chi connectivity index (χ2v) is 7.69. The average Bonchev–Trinajstić information content (AvgIpc) is 3.51. The monoisotopic (exact) mass is 422 g/mol. The molecule has 1 aliphatic heterocycles. The topological polar surface area (TPSA) is 100 Å². The number of carbonyl (C=O) groups excluding carboxylic acids is 2. The molecule has 0 radical (unpaired) electrons. The molecule has 0 unspecified atom stereocenters. The average molecular weight is 422 g/mol. The highest BCUT2D eigenvalue weighted by atomic mass is 16.5. The Bertz CT molecular complexity index is 1130. The summed E-state index contributed by atoms with van der Waals surface area (Å²) in [6.45, 7) is 4.16. The van der Waals surface area contributed by atoms with Gasteiger partial charge in [0.05, 0.1) is 37.7 Å². The van der Waals surface area contributed by atoms with Gasteiger partial charge in [0.15, 0.2) is 0 Å². The van der Waals surface area contributed by atoms with E-state index in [1.54, 1.807) is 27.2 Å². The van der Waals surface area contributed by atoms with Crippen LogP contribution >= 0.6 is 0 Å². The van der Waals surface area contributed by atoms with Crippen LogP contribution in [-0.4, -0.2) is 52.5 Å². The van der Waals surface area contributed by atoms with Gasteiger partial charge in [-0.25, -0.2) is 9.78 Å². The fraction of sp³-hybridized carbons (Fsp3) is 0.348. The summed E-state index contributed by atoms with van der Waals surface area (Å²) in [5.74, 6) is 0.929. The number of aromatic nitrogens is 3. The van der Waals surface area contributed by atoms with Crippen molar-refractivity contribution in [2.75, 3.05) is 20.8 Å². The van der Waals surface area contributed by atoms with Crippen molar-refractivity contribution in [1.82, 2.24) is 19.9 Å². The normalized spacial score (nSPS) is 15.9. The zero-order chi connectivity index (χ0) is 22.1. The quantitative estimate of drug-likeness (QED) is 0.609. The summed E-state index contributed by atoms with van der Waals surface area (Å²) >= 11 is 0. The summed E-state index contributed by atoms with van der Waals surface area (Å²) in [5.41, 5.74) is 3.91. The first-order valence-corrected chi connectivity index (χ1v) is 10.2. The van der Waals surface area contributed by atoms with Crippen LogP contribution in [0.4, 0.5) is 0 Å². The summed E-state index contributed by atoms with van der Waals surface area (Å²) in [6.07, 6.45) is 3.48. The molecule has 0 aliphatic carbocycles. The zero-order valence-corrected chi connectivity index (χ0v) is 18.1. The molecule has 0 spiro atoms. The third-order valence-electron chi connectivity index (χ3n) is 5.85. The lowest BCUT2D eigenvalue weighted by Crippen LogP contribution is -2.31. The first-order valence-electron chi connectivity index (χ1n) is 10.2. The molecule has 1 aromatic carbocycles. The van der Waals surface area contributed by atoms with Crippen LogP contribution < -0.4 is 4.74 Å². The van der Waals surface area contributed by atoms with Crippen LogP contribution in [0.25, 0.3) is 11.3 Å². The van der Waals surface area contributed by atoms with Crippen LogP contribution in [0.1, 0.15) is 56.8 Å². The Morgan fingerprint density at radius 1 is 1.19 bits per heavy atom. The Kier molecular flexibility index (Phi) is 5.54. The van der Waals surface area contributed by atoms with Gasteiger partial charge < -0.3 is 24.3 Å². The number of H-pyrrole nitrogens is 2. The second kappa shape index (κ2) is 8.29. The van der Waals surface area contributed by atoms with E-state index < -0.39 is 5.97 Å². The molecule has 3 heterocycles. The van der Waals surface area contributed by atoms with E-state index in [4.69, 9.17) is 9.47 Å². The molecule has 1 atom stereocenters. The third-order valence-corrected chi connectivity index (χ3v) is 5.85. The van der Waals surface area contributed by atoms with Crippen molar-refractivity contribution in [1.29, 1.82) is 0 Å². The van der Waals surface area contributed by atoms with Gasteiger partial charge in [-0.2, -0.15) is 0 Å². The Labute approximate surface area is 180 Å². The molecule has 3 aromatic rings. The van der Waals surface area contributed by atoms with Crippen LogP contribution in [0.3, 0.4) is 0 Å². The van der Waals surface area contributed by atoms with Crippen LogP contribution in [0.15, 0.2) is 30.5 Å². The largest absolute Gasteiger partial charge is 0.497 e. The molecule has 1 amide bonds. The van der Waals surface area contributed by atoms with Crippen LogP contribution in [0.2, 0.25) is 0 Å². The number of aryl methyl sites for hydroxylation is 1. The standard InChI is InChI=1S/C23H26N4O4/c1-13-19(23(29)31-4)14(2)25-20(13)22(28)27-10-6-9-18(27)21-24-12-17(26-21)15-7-5-8-16(11-15)30-3/h5,7-8,11-12,18,25H,6,9-10H2,1-4H3,(H,24,26)/t18-/m0/s1. The minimum absolute atomic E-state index is 0.141. The number of hydrogen-bond acceptors (Lipinski definition) is 5. The fourth-order valence-electron chi connectivity index (χ4n) is 4.25. The van der Waals surface area contributed by atoms with Gasteiger partial charge in [-0.05, 0) is 44.4 Å². The molecule has 1 fully saturated rings. The smallest absolute Gasteiger partial charge is 0.339 e. The number of hydrogen-bond donors (Lipinski definition) is 2. The molecular weight excluding hydrogens is 396 g/mol. The Morgan fingerprint density at radius 2 is 2.00 bits per heavy atom. The number of amides is 1. The van der Waals surface area contributed by atoms with E-state index in [9.17, 15) is 9.59 Å². The number of methoxy groups -OCH3 is 2. The number of benzene rings is 1. The van der Waals surface area contributed by atoms with Gasteiger partial charge in [0.1, 0.15) is 17.3 Å². The number of aromatic amines is 2. The lowest BCUT2D eigenvalue weighted by molar-refractivity contribution is 0.0599. The van der Waals surface area contributed by atoms with Gasteiger partial charge in [-0.3, -0.25) is 4.79 Å². The summed E-state index contributed by atoms with van der Waals surface area (Å²) in [5, 5.41) is 0. The van der Waals surface area contributed by atoms with Gasteiger partial charge in [-0.15, -0.1) is 0 Å². The SMILES string of the molecule is COC(=O)c1c(C)[nH]c(C(=O)N2CCC[C@H]2c2ncc(-c3cccc(OC)c3)[nH]2)c1C. The predicted molar refractivity (Wildman–Crippen MR) is 115 cm³/mol. The molecule has 0 saturated carbocycles. The summed E-state index contributed by atoms with van der Waals surface area (Å²) in [6, 6.07) is 7.58. The van der Waals surface area contributed by atoms with Crippen molar-refractivity contribution in [2.45, 2.75) is 32.7 Å². The van der Waals surface area contributed by atoms with E-state index in [0.29, 0.717) is 29.1 Å². The number of ether oxygens (including phenoxy) is 2. The van der Waals surface area contributed by atoms with Crippen LogP contribution in [0, 0.1) is 13.8 Å². The number of carbonyl (C=O) groups is 2. The van der Waals surface area contributed by atoms with Crippen molar-refractivity contribution >= 4 is 11.9 Å². The maximum atomic E-state index is 13.4. The van der Waals surface area contributed by atoms with Crippen LogP contribution in [0.5, 0.6) is 5.75 Å². The maximum absolute atomic E-state index is 13.4. The van der Waals surface area contributed by atoms with Crippen molar-refractivity contribution in [3.8, 4) is 17.0 Å². The second-order valence-electron chi connectivity index (χ2n) is 7.69. The van der Waals surface area contributed by atoms with E-state index in [0.717, 1.165) is 35.7 Å². The Balaban J connectivity index is 1.61. The van der Waals surface area contributed by atoms with Crippen molar-refractivity contribution in [3.63, 3.8) is 0 Å². The number of likely N-dealkylation sites (tertiary alicyclic amines) is 1. The zero-order valence-electron chi connectivity index (χ0n) is 18.1. The molecule has 8 heteroatoms. The predicted octanol–water partition coefficient (Wildman–Crippen LogP) is 3.79. The molecule has 162 valence electrons. The lowest BCUT2D eigenvalue weighted by Gasteiger charge is -2.23. The highest BCUT2D eigenvalue weighted by Crippen LogP contribution is 2.34. The molecule has 1 aliphatic rings. The van der Waals surface area contributed by atoms with Crippen molar-refractivity contribution in [2.24, 2.45) is 0 Å². The van der Waals surface area contributed by atoms with Crippen molar-refractivity contribution in [3.05, 3.63) is 58.8 Å². The van der Waals surface area contributed by atoms with Gasteiger partial charge >= 0.3 is 5.97 Å². The molecule has 1 saturated heterocycles.